The van der Waals surface area contributed by atoms with Crippen molar-refractivity contribution < 1.29 is 0 Å². The van der Waals surface area contributed by atoms with Crippen molar-refractivity contribution in [1.82, 2.24) is 14.4 Å². The molecule has 4 heterocycles. The molecular formula is C18H11N3S. The topological polar surface area (TPSA) is 30.2 Å². The van der Waals surface area contributed by atoms with Crippen LogP contribution in [-0.2, 0) is 0 Å². The van der Waals surface area contributed by atoms with Crippen LogP contribution < -0.4 is 0 Å². The van der Waals surface area contributed by atoms with E-state index in [0.29, 0.717) is 0 Å². The summed E-state index contributed by atoms with van der Waals surface area (Å²) in [6, 6.07) is 16.6. The maximum Gasteiger partial charge on any atom is 0.147 e. The van der Waals surface area contributed by atoms with Gasteiger partial charge in [-0.3, -0.25) is 9.38 Å². The second kappa shape index (κ2) is 4.39. The van der Waals surface area contributed by atoms with Gasteiger partial charge in [0.05, 0.1) is 22.2 Å². The highest BCUT2D eigenvalue weighted by Gasteiger charge is 2.14. The number of hydrogen-bond acceptors (Lipinski definition) is 3. The van der Waals surface area contributed by atoms with Crippen LogP contribution in [0.4, 0.5) is 0 Å². The number of aromatic nitrogens is 3. The lowest BCUT2D eigenvalue weighted by atomic mass is 10.1. The maximum atomic E-state index is 4.84. The first-order valence-electron chi connectivity index (χ1n) is 7.09. The van der Waals surface area contributed by atoms with Crippen molar-refractivity contribution in [2.75, 3.05) is 0 Å². The Kier molecular flexibility index (Phi) is 2.37. The third kappa shape index (κ3) is 1.55. The van der Waals surface area contributed by atoms with Crippen LogP contribution >= 0.6 is 11.3 Å². The molecule has 0 aliphatic heterocycles. The summed E-state index contributed by atoms with van der Waals surface area (Å²) in [5.74, 6) is 0. The summed E-state index contributed by atoms with van der Waals surface area (Å²) in [5, 5.41) is 5.35. The molecule has 22 heavy (non-hydrogen) atoms. The second-order valence-corrected chi connectivity index (χ2v) is 6.02. The van der Waals surface area contributed by atoms with Crippen molar-refractivity contribution in [2.45, 2.75) is 0 Å². The molecule has 4 aromatic heterocycles. The number of fused-ring (bicyclic) bond motifs is 5. The molecule has 0 N–H and O–H groups in total. The van der Waals surface area contributed by atoms with Gasteiger partial charge in [-0.1, -0.05) is 12.1 Å². The van der Waals surface area contributed by atoms with Crippen LogP contribution in [0.15, 0.2) is 65.5 Å². The molecule has 4 heteroatoms. The number of para-hydroxylation sites is 2. The Morgan fingerprint density at radius 2 is 1.91 bits per heavy atom. The van der Waals surface area contributed by atoms with Gasteiger partial charge in [0.2, 0.25) is 0 Å². The Labute approximate surface area is 130 Å². The maximum absolute atomic E-state index is 4.84. The number of thiophene rings is 1. The molecule has 104 valence electrons. The van der Waals surface area contributed by atoms with Gasteiger partial charge in [-0.25, -0.2) is 4.98 Å². The first kappa shape index (κ1) is 11.9. The lowest BCUT2D eigenvalue weighted by molar-refractivity contribution is 1.24. The summed E-state index contributed by atoms with van der Waals surface area (Å²) in [6.45, 7) is 0. The Hall–Kier alpha value is -2.72. The molecule has 0 fully saturated rings. The van der Waals surface area contributed by atoms with E-state index >= 15 is 0 Å². The molecule has 0 amide bonds. The summed E-state index contributed by atoms with van der Waals surface area (Å²) in [7, 11) is 0. The van der Waals surface area contributed by atoms with Crippen molar-refractivity contribution in [3.05, 3.63) is 65.5 Å². The van der Waals surface area contributed by atoms with E-state index in [1.807, 2.05) is 18.3 Å². The van der Waals surface area contributed by atoms with E-state index in [-0.39, 0.29) is 0 Å². The molecule has 0 radical (unpaired) electrons. The molecule has 1 aromatic carbocycles. The fourth-order valence-electron chi connectivity index (χ4n) is 2.99. The lowest BCUT2D eigenvalue weighted by Crippen LogP contribution is -1.93. The third-order valence-electron chi connectivity index (χ3n) is 3.97. The Morgan fingerprint density at radius 1 is 0.955 bits per heavy atom. The summed E-state index contributed by atoms with van der Waals surface area (Å²) in [4.78, 5) is 9.36. The molecule has 0 saturated heterocycles. The van der Waals surface area contributed by atoms with Gasteiger partial charge in [0, 0.05) is 22.5 Å². The van der Waals surface area contributed by atoms with Crippen molar-refractivity contribution in [3.8, 4) is 11.3 Å². The van der Waals surface area contributed by atoms with Gasteiger partial charge in [0.25, 0.3) is 0 Å². The molecule has 0 spiro atoms. The number of pyridine rings is 2. The van der Waals surface area contributed by atoms with Crippen LogP contribution in [0.2, 0.25) is 0 Å². The summed E-state index contributed by atoms with van der Waals surface area (Å²) >= 11 is 1.70. The zero-order valence-electron chi connectivity index (χ0n) is 11.6. The van der Waals surface area contributed by atoms with E-state index in [0.717, 1.165) is 33.3 Å². The van der Waals surface area contributed by atoms with E-state index in [9.17, 15) is 0 Å². The zero-order chi connectivity index (χ0) is 14.5. The average Bonchev–Trinajstić information content (AvgIpc) is 3.22. The highest BCUT2D eigenvalue weighted by molar-refractivity contribution is 7.08. The predicted octanol–water partition coefficient (Wildman–Crippen LogP) is 4.76. The van der Waals surface area contributed by atoms with Gasteiger partial charge in [-0.2, -0.15) is 11.3 Å². The second-order valence-electron chi connectivity index (χ2n) is 5.24. The van der Waals surface area contributed by atoms with Crippen LogP contribution in [0.3, 0.4) is 0 Å². The van der Waals surface area contributed by atoms with Crippen molar-refractivity contribution >= 4 is 38.9 Å². The van der Waals surface area contributed by atoms with E-state index < -0.39 is 0 Å². The monoisotopic (exact) mass is 301 g/mol. The van der Waals surface area contributed by atoms with Crippen LogP contribution in [-0.4, -0.2) is 14.4 Å². The standard InChI is InChI=1S/C18H11N3S/c1-2-6-16-14(5-1)20-18-13-4-3-8-19-15(13)10-17(21(16)18)12-7-9-22-11-12/h1-11H. The number of nitrogens with zero attached hydrogens (tertiary/aromatic N) is 3. The van der Waals surface area contributed by atoms with Gasteiger partial charge >= 0.3 is 0 Å². The smallest absolute Gasteiger partial charge is 0.147 e. The number of imidazole rings is 1. The molecule has 0 saturated carbocycles. The minimum absolute atomic E-state index is 0.966. The number of benzene rings is 1. The molecule has 5 aromatic rings. The predicted molar refractivity (Wildman–Crippen MR) is 91.3 cm³/mol. The normalized spacial score (nSPS) is 11.6. The molecular weight excluding hydrogens is 290 g/mol. The Bertz CT molecular complexity index is 1120. The van der Waals surface area contributed by atoms with E-state index in [4.69, 9.17) is 4.98 Å². The summed E-state index contributed by atoms with van der Waals surface area (Å²) in [5.41, 5.74) is 6.42. The Morgan fingerprint density at radius 3 is 2.82 bits per heavy atom. The largest absolute Gasteiger partial charge is 0.292 e. The van der Waals surface area contributed by atoms with E-state index in [2.05, 4.69) is 56.5 Å². The van der Waals surface area contributed by atoms with Crippen LogP contribution in [0.1, 0.15) is 0 Å². The molecule has 0 aliphatic rings. The lowest BCUT2D eigenvalue weighted by Gasteiger charge is -2.08. The van der Waals surface area contributed by atoms with Crippen molar-refractivity contribution in [1.29, 1.82) is 0 Å². The van der Waals surface area contributed by atoms with Crippen LogP contribution in [0.5, 0.6) is 0 Å². The molecule has 0 unspecified atom stereocenters. The molecule has 5 rings (SSSR count). The van der Waals surface area contributed by atoms with Gasteiger partial charge in [0.1, 0.15) is 5.65 Å². The highest BCUT2D eigenvalue weighted by atomic mass is 32.1. The SMILES string of the molecule is c1ccc2c(c1)nc1c3cccnc3cc(-c3ccsc3)n21. The van der Waals surface area contributed by atoms with Gasteiger partial charge in [-0.05, 0) is 41.8 Å². The molecule has 3 nitrogen and oxygen atoms in total. The van der Waals surface area contributed by atoms with Crippen molar-refractivity contribution in [3.63, 3.8) is 0 Å². The number of hydrogen-bond donors (Lipinski definition) is 0. The zero-order valence-corrected chi connectivity index (χ0v) is 12.4. The van der Waals surface area contributed by atoms with E-state index in [1.54, 1.807) is 11.3 Å². The van der Waals surface area contributed by atoms with Gasteiger partial charge in [0.15, 0.2) is 0 Å². The number of rotatable bonds is 1. The minimum Gasteiger partial charge on any atom is -0.292 e. The first-order chi connectivity index (χ1) is 10.9. The Balaban J connectivity index is 2.09. The third-order valence-corrected chi connectivity index (χ3v) is 4.65. The summed E-state index contributed by atoms with van der Waals surface area (Å²) in [6.07, 6.45) is 1.83. The fraction of sp³-hybridized carbons (Fsp3) is 0. The average molecular weight is 301 g/mol. The fourth-order valence-corrected chi connectivity index (χ4v) is 3.64. The molecule has 0 atom stereocenters. The van der Waals surface area contributed by atoms with Gasteiger partial charge < -0.3 is 0 Å². The molecule has 0 aliphatic carbocycles. The quantitative estimate of drug-likeness (QED) is 0.446. The minimum atomic E-state index is 0.966. The van der Waals surface area contributed by atoms with Crippen molar-refractivity contribution in [2.24, 2.45) is 0 Å². The van der Waals surface area contributed by atoms with Crippen LogP contribution in [0, 0.1) is 0 Å². The molecule has 0 bridgehead atoms. The van der Waals surface area contributed by atoms with Crippen LogP contribution in [0.25, 0.3) is 38.8 Å². The van der Waals surface area contributed by atoms with Gasteiger partial charge in [-0.15, -0.1) is 0 Å². The highest BCUT2D eigenvalue weighted by Crippen LogP contribution is 2.31. The first-order valence-corrected chi connectivity index (χ1v) is 8.03. The summed E-state index contributed by atoms with van der Waals surface area (Å²) < 4.78 is 2.24. The van der Waals surface area contributed by atoms with E-state index in [1.165, 1.54) is 5.56 Å².